The van der Waals surface area contributed by atoms with E-state index in [-0.39, 0.29) is 12.1 Å². The summed E-state index contributed by atoms with van der Waals surface area (Å²) in [6, 6.07) is 7.80. The minimum absolute atomic E-state index is 0.101. The molecule has 2 aromatic rings. The predicted molar refractivity (Wildman–Crippen MR) is 104 cm³/mol. The number of fused-ring (bicyclic) bond motifs is 1. The summed E-state index contributed by atoms with van der Waals surface area (Å²) >= 11 is 3.59. The largest absolute Gasteiger partial charge is 0.483 e. The van der Waals surface area contributed by atoms with Crippen molar-refractivity contribution in [3.8, 4) is 0 Å². The summed E-state index contributed by atoms with van der Waals surface area (Å²) in [4.78, 5) is 14.1. The van der Waals surface area contributed by atoms with Crippen LogP contribution in [0.3, 0.4) is 0 Å². The van der Waals surface area contributed by atoms with Gasteiger partial charge in [-0.3, -0.25) is 4.98 Å². The SMILES string of the molecule is COC1=N[C@@H](Cc2ccc(Br)c3cccnc23)C(OC)=NC1C(C)C. The zero-order valence-electron chi connectivity index (χ0n) is 14.9. The molecule has 0 saturated heterocycles. The monoisotopic (exact) mass is 403 g/mol. The van der Waals surface area contributed by atoms with E-state index in [1.807, 2.05) is 18.3 Å². The smallest absolute Gasteiger partial charge is 0.209 e. The Hall–Kier alpha value is -1.95. The Labute approximate surface area is 156 Å². The molecule has 3 rings (SSSR count). The van der Waals surface area contributed by atoms with Crippen molar-refractivity contribution in [2.75, 3.05) is 14.2 Å². The van der Waals surface area contributed by atoms with Crippen molar-refractivity contribution in [2.24, 2.45) is 15.9 Å². The summed E-state index contributed by atoms with van der Waals surface area (Å²) in [6.07, 6.45) is 2.47. The zero-order valence-corrected chi connectivity index (χ0v) is 16.4. The van der Waals surface area contributed by atoms with Crippen LogP contribution in [0.4, 0.5) is 0 Å². The van der Waals surface area contributed by atoms with Crippen LogP contribution in [-0.4, -0.2) is 43.1 Å². The van der Waals surface area contributed by atoms with Crippen LogP contribution >= 0.6 is 15.9 Å². The fraction of sp³-hybridized carbons (Fsp3) is 0.421. The number of halogens is 1. The summed E-state index contributed by atoms with van der Waals surface area (Å²) in [6.45, 7) is 4.20. The number of nitrogens with zero attached hydrogens (tertiary/aromatic N) is 3. The number of aromatic nitrogens is 1. The lowest BCUT2D eigenvalue weighted by Gasteiger charge is -2.27. The van der Waals surface area contributed by atoms with Gasteiger partial charge in [-0.15, -0.1) is 0 Å². The average Bonchev–Trinajstić information content (AvgIpc) is 2.63. The molecule has 0 fully saturated rings. The maximum atomic E-state index is 5.54. The molecule has 1 aromatic carbocycles. The fourth-order valence-corrected chi connectivity index (χ4v) is 3.51. The van der Waals surface area contributed by atoms with Crippen LogP contribution in [0.15, 0.2) is 44.9 Å². The summed E-state index contributed by atoms with van der Waals surface area (Å²) in [5, 5.41) is 1.09. The highest BCUT2D eigenvalue weighted by atomic mass is 79.9. The maximum Gasteiger partial charge on any atom is 0.209 e. The standard InChI is InChI=1S/C19H22BrN3O2/c1-11(2)16-19(25-4)22-15(18(23-16)24-3)10-12-7-8-14(20)13-6-5-9-21-17(12)13/h5-9,11,15-16H,10H2,1-4H3/t15-,16?/m0/s1. The maximum absolute atomic E-state index is 5.54. The molecule has 1 aromatic heterocycles. The number of hydrogen-bond donors (Lipinski definition) is 0. The molecule has 0 radical (unpaired) electrons. The van der Waals surface area contributed by atoms with E-state index in [9.17, 15) is 0 Å². The number of methoxy groups -OCH3 is 2. The van der Waals surface area contributed by atoms with Crippen molar-refractivity contribution in [3.05, 3.63) is 40.5 Å². The highest BCUT2D eigenvalue weighted by molar-refractivity contribution is 9.10. The van der Waals surface area contributed by atoms with Crippen LogP contribution in [0, 0.1) is 5.92 Å². The number of ether oxygens (including phenoxy) is 2. The molecule has 1 aliphatic heterocycles. The van der Waals surface area contributed by atoms with E-state index in [0.29, 0.717) is 24.1 Å². The highest BCUT2D eigenvalue weighted by Gasteiger charge is 2.31. The normalized spacial score (nSPS) is 20.4. The molecule has 0 N–H and O–H groups in total. The van der Waals surface area contributed by atoms with Crippen molar-refractivity contribution in [1.29, 1.82) is 0 Å². The lowest BCUT2D eigenvalue weighted by atomic mass is 9.99. The molecular weight excluding hydrogens is 382 g/mol. The molecular formula is C19H22BrN3O2. The first kappa shape index (κ1) is 17.9. The van der Waals surface area contributed by atoms with Gasteiger partial charge in [0.1, 0.15) is 12.1 Å². The van der Waals surface area contributed by atoms with Gasteiger partial charge >= 0.3 is 0 Å². The van der Waals surface area contributed by atoms with Crippen LogP contribution in [0.5, 0.6) is 0 Å². The summed E-state index contributed by atoms with van der Waals surface area (Å²) < 4.78 is 12.1. The minimum Gasteiger partial charge on any atom is -0.483 e. The van der Waals surface area contributed by atoms with Crippen LogP contribution in [0.2, 0.25) is 0 Å². The van der Waals surface area contributed by atoms with E-state index >= 15 is 0 Å². The summed E-state index contributed by atoms with van der Waals surface area (Å²) in [5.74, 6) is 1.60. The molecule has 0 aliphatic carbocycles. The van der Waals surface area contributed by atoms with Gasteiger partial charge < -0.3 is 9.47 Å². The third kappa shape index (κ3) is 3.54. The quantitative estimate of drug-likeness (QED) is 0.776. The first-order chi connectivity index (χ1) is 12.0. The van der Waals surface area contributed by atoms with E-state index in [1.165, 1.54) is 0 Å². The third-order valence-electron chi connectivity index (χ3n) is 4.35. The zero-order chi connectivity index (χ0) is 18.0. The Morgan fingerprint density at radius 1 is 1.08 bits per heavy atom. The lowest BCUT2D eigenvalue weighted by molar-refractivity contribution is 0.333. The van der Waals surface area contributed by atoms with Crippen LogP contribution in [0.1, 0.15) is 19.4 Å². The Balaban J connectivity index is 1.98. The fourth-order valence-electron chi connectivity index (χ4n) is 3.06. The second kappa shape index (κ2) is 7.52. The first-order valence-electron chi connectivity index (χ1n) is 8.30. The van der Waals surface area contributed by atoms with Crippen molar-refractivity contribution < 1.29 is 9.47 Å². The number of aliphatic imine (C=N–C) groups is 2. The molecule has 0 amide bonds. The molecule has 1 unspecified atom stereocenters. The lowest BCUT2D eigenvalue weighted by Crippen LogP contribution is -2.38. The van der Waals surface area contributed by atoms with Gasteiger partial charge in [-0.25, -0.2) is 9.98 Å². The average molecular weight is 404 g/mol. The van der Waals surface area contributed by atoms with Crippen LogP contribution in [0.25, 0.3) is 10.9 Å². The molecule has 25 heavy (non-hydrogen) atoms. The first-order valence-corrected chi connectivity index (χ1v) is 9.10. The van der Waals surface area contributed by atoms with E-state index in [2.05, 4.69) is 46.9 Å². The third-order valence-corrected chi connectivity index (χ3v) is 5.04. The Kier molecular flexibility index (Phi) is 5.37. The Morgan fingerprint density at radius 3 is 2.52 bits per heavy atom. The molecule has 0 bridgehead atoms. The second-order valence-corrected chi connectivity index (χ2v) is 7.21. The van der Waals surface area contributed by atoms with Gasteiger partial charge in [-0.1, -0.05) is 41.9 Å². The van der Waals surface area contributed by atoms with Crippen LogP contribution in [-0.2, 0) is 15.9 Å². The van der Waals surface area contributed by atoms with Crippen molar-refractivity contribution >= 4 is 38.6 Å². The Bertz CT molecular complexity index is 833. The van der Waals surface area contributed by atoms with Gasteiger partial charge in [-0.05, 0) is 23.6 Å². The molecule has 0 saturated carbocycles. The van der Waals surface area contributed by atoms with Gasteiger partial charge in [0.25, 0.3) is 0 Å². The van der Waals surface area contributed by atoms with Crippen molar-refractivity contribution in [2.45, 2.75) is 32.4 Å². The van der Waals surface area contributed by atoms with Crippen LogP contribution < -0.4 is 0 Å². The highest BCUT2D eigenvalue weighted by Crippen LogP contribution is 2.27. The predicted octanol–water partition coefficient (Wildman–Crippen LogP) is 4.04. The van der Waals surface area contributed by atoms with Gasteiger partial charge in [-0.2, -0.15) is 0 Å². The second-order valence-electron chi connectivity index (χ2n) is 6.36. The summed E-state index contributed by atoms with van der Waals surface area (Å²) in [5.41, 5.74) is 2.07. The van der Waals surface area contributed by atoms with E-state index < -0.39 is 0 Å². The number of pyridine rings is 1. The van der Waals surface area contributed by atoms with Gasteiger partial charge in [0.15, 0.2) is 0 Å². The number of hydrogen-bond acceptors (Lipinski definition) is 5. The molecule has 5 nitrogen and oxygen atoms in total. The molecule has 2 atom stereocenters. The molecule has 2 heterocycles. The van der Waals surface area contributed by atoms with Gasteiger partial charge in [0.05, 0.1) is 19.7 Å². The van der Waals surface area contributed by atoms with Gasteiger partial charge in [0.2, 0.25) is 11.8 Å². The topological polar surface area (TPSA) is 56.1 Å². The van der Waals surface area contributed by atoms with E-state index in [0.717, 1.165) is 20.9 Å². The van der Waals surface area contributed by atoms with Crippen molar-refractivity contribution in [3.63, 3.8) is 0 Å². The molecule has 6 heteroatoms. The molecule has 0 spiro atoms. The number of rotatable bonds is 3. The van der Waals surface area contributed by atoms with Gasteiger partial charge in [0, 0.05) is 22.5 Å². The Morgan fingerprint density at radius 2 is 1.84 bits per heavy atom. The minimum atomic E-state index is -0.207. The van der Waals surface area contributed by atoms with E-state index in [4.69, 9.17) is 19.5 Å². The van der Waals surface area contributed by atoms with Crippen molar-refractivity contribution in [1.82, 2.24) is 4.98 Å². The molecule has 132 valence electrons. The van der Waals surface area contributed by atoms with E-state index in [1.54, 1.807) is 14.2 Å². The summed E-state index contributed by atoms with van der Waals surface area (Å²) in [7, 11) is 3.30. The number of benzene rings is 1. The molecule has 1 aliphatic rings.